The monoisotopic (exact) mass is 495 g/mol. The molecule has 1 saturated heterocycles. The summed E-state index contributed by atoms with van der Waals surface area (Å²) in [6, 6.07) is 0. The van der Waals surface area contributed by atoms with Crippen molar-refractivity contribution in [2.24, 2.45) is 28.2 Å². The molecule has 1 fully saturated rings. The minimum absolute atomic E-state index is 0.0371. The molecule has 0 aromatic heterocycles. The molecule has 0 aromatic rings. The van der Waals surface area contributed by atoms with Crippen molar-refractivity contribution in [2.75, 3.05) is 12.9 Å². The van der Waals surface area contributed by atoms with Gasteiger partial charge in [-0.3, -0.25) is 14.6 Å². The second-order valence-electron chi connectivity index (χ2n) is 10.1. The number of aliphatic hydroxyl groups excluding tert-OH is 1. The number of carbonyl (C=O) groups is 2. The molecule has 0 aliphatic carbocycles. The average Bonchev–Trinajstić information content (AvgIpc) is 2.76. The molecule has 0 saturated carbocycles. The van der Waals surface area contributed by atoms with Gasteiger partial charge in [0.05, 0.1) is 30.2 Å². The molecule has 5 nitrogen and oxygen atoms in total. The number of rotatable bonds is 3. The largest absolute Gasteiger partial charge is 0.466 e. The van der Waals surface area contributed by atoms with Gasteiger partial charge in [-0.1, -0.05) is 60.0 Å². The quantitative estimate of drug-likeness (QED) is 0.259. The van der Waals surface area contributed by atoms with Gasteiger partial charge in [0, 0.05) is 12.1 Å². The van der Waals surface area contributed by atoms with Crippen LogP contribution in [0, 0.1) is 23.2 Å². The molecule has 0 aromatic carbocycles. The van der Waals surface area contributed by atoms with Crippen LogP contribution in [0.2, 0.25) is 0 Å². The van der Waals surface area contributed by atoms with Crippen molar-refractivity contribution >= 4 is 29.7 Å². The van der Waals surface area contributed by atoms with Gasteiger partial charge in [-0.15, -0.1) is 11.8 Å². The fourth-order valence-electron chi connectivity index (χ4n) is 4.23. The van der Waals surface area contributed by atoms with Crippen molar-refractivity contribution in [2.45, 2.75) is 99.5 Å². The van der Waals surface area contributed by atoms with Crippen LogP contribution < -0.4 is 0 Å². The van der Waals surface area contributed by atoms with Gasteiger partial charge in [0.1, 0.15) is 5.78 Å². The zero-order valence-electron chi connectivity index (χ0n) is 22.8. The lowest BCUT2D eigenvalue weighted by molar-refractivity contribution is -0.150. The maximum absolute atomic E-state index is 12.8. The molecule has 1 aliphatic heterocycles. The van der Waals surface area contributed by atoms with Gasteiger partial charge in [0.25, 0.3) is 0 Å². The fourth-order valence-corrected chi connectivity index (χ4v) is 4.61. The summed E-state index contributed by atoms with van der Waals surface area (Å²) in [4.78, 5) is 28.8. The molecule has 34 heavy (non-hydrogen) atoms. The van der Waals surface area contributed by atoms with E-state index in [1.165, 1.54) is 12.8 Å². The molecular formula is C28H49NO4S. The smallest absolute Gasteiger partial charge is 0.308 e. The highest BCUT2D eigenvalue weighted by molar-refractivity contribution is 8.01. The van der Waals surface area contributed by atoms with Crippen LogP contribution in [-0.4, -0.2) is 42.0 Å². The maximum atomic E-state index is 12.8. The molecule has 0 radical (unpaired) electrons. The van der Waals surface area contributed by atoms with Crippen molar-refractivity contribution in [3.05, 3.63) is 23.3 Å². The van der Waals surface area contributed by atoms with E-state index in [0.717, 1.165) is 31.4 Å². The molecule has 1 rings (SSSR count). The minimum Gasteiger partial charge on any atom is -0.466 e. The van der Waals surface area contributed by atoms with Crippen molar-refractivity contribution < 1.29 is 19.4 Å². The lowest BCUT2D eigenvalue weighted by Gasteiger charge is -2.32. The zero-order chi connectivity index (χ0) is 26.1. The van der Waals surface area contributed by atoms with Crippen LogP contribution in [0.5, 0.6) is 0 Å². The predicted molar refractivity (Wildman–Crippen MR) is 146 cm³/mol. The number of hydrogen-bond acceptors (Lipinski definition) is 6. The van der Waals surface area contributed by atoms with Gasteiger partial charge in [0.2, 0.25) is 0 Å². The number of ketones is 1. The Bertz CT molecular complexity index is 670. The highest BCUT2D eigenvalue weighted by Gasteiger charge is 2.39. The molecule has 0 amide bonds. The second-order valence-corrected chi connectivity index (χ2v) is 10.8. The van der Waals surface area contributed by atoms with Gasteiger partial charge >= 0.3 is 5.97 Å². The summed E-state index contributed by atoms with van der Waals surface area (Å²) in [6.07, 6.45) is 12.9. The van der Waals surface area contributed by atoms with Gasteiger partial charge in [-0.25, -0.2) is 0 Å². The maximum Gasteiger partial charge on any atom is 0.308 e. The third-order valence-electron chi connectivity index (χ3n) is 6.38. The van der Waals surface area contributed by atoms with Gasteiger partial charge < -0.3 is 9.84 Å². The van der Waals surface area contributed by atoms with E-state index in [-0.39, 0.29) is 18.1 Å². The number of aliphatic imine (C=N–C) groups is 1. The van der Waals surface area contributed by atoms with E-state index in [1.807, 2.05) is 44.6 Å². The number of allylic oxidation sites excluding steroid dienone is 2. The number of aliphatic hydroxyl groups is 1. The first-order valence-electron chi connectivity index (χ1n) is 12.7. The first-order chi connectivity index (χ1) is 16.0. The van der Waals surface area contributed by atoms with Crippen LogP contribution in [0.15, 0.2) is 28.2 Å². The van der Waals surface area contributed by atoms with Gasteiger partial charge in [0.15, 0.2) is 0 Å². The summed E-state index contributed by atoms with van der Waals surface area (Å²) >= 11 is 1.66. The van der Waals surface area contributed by atoms with Gasteiger partial charge in [-0.05, 0) is 62.7 Å². The highest BCUT2D eigenvalue weighted by atomic mass is 32.2. The number of ether oxygens (including phenoxy) is 1. The predicted octanol–water partition coefficient (Wildman–Crippen LogP) is 7.00. The van der Waals surface area contributed by atoms with Crippen molar-refractivity contribution in [1.82, 2.24) is 0 Å². The standard InChI is InChI=1S/C20H36O4.C8H13NS/c1-14-8-6-9-15(2)12-16(3)19(23)20(4,5)17(21)13-18(22)24-11-7-10-14;1-4-6-8(7-10-3)9-5-2/h14-17,21H,6-13H2,1-5H3;4-7H,1-3H3/b;6-4-,8-7-,9-5?. The van der Waals surface area contributed by atoms with Crippen LogP contribution in [0.25, 0.3) is 0 Å². The van der Waals surface area contributed by atoms with Crippen LogP contribution in [0.4, 0.5) is 0 Å². The van der Waals surface area contributed by atoms with Crippen molar-refractivity contribution in [1.29, 1.82) is 0 Å². The Hall–Kier alpha value is -1.40. The highest BCUT2D eigenvalue weighted by Crippen LogP contribution is 2.31. The van der Waals surface area contributed by atoms with Crippen LogP contribution >= 0.6 is 11.8 Å². The fraction of sp³-hybridized carbons (Fsp3) is 0.750. The molecule has 1 aliphatic rings. The Balaban J connectivity index is 0.000000916. The van der Waals surface area contributed by atoms with E-state index in [1.54, 1.807) is 31.8 Å². The van der Waals surface area contributed by atoms with E-state index in [0.29, 0.717) is 18.4 Å². The number of thioether (sulfide) groups is 1. The molecule has 0 spiro atoms. The number of hydrogen-bond donors (Lipinski definition) is 1. The summed E-state index contributed by atoms with van der Waals surface area (Å²) in [7, 11) is 0. The third kappa shape index (κ3) is 13.5. The van der Waals surface area contributed by atoms with E-state index >= 15 is 0 Å². The SMILES string of the molecule is CC1CCCOC(=O)CC(O)C(C)(C)C(=O)C(C)CC(C)CCC1.CC=NC(/C=C\C)=C\SC. The number of nitrogens with zero attached hydrogens (tertiary/aromatic N) is 1. The Labute approximate surface area is 212 Å². The van der Waals surface area contributed by atoms with E-state index in [9.17, 15) is 14.7 Å². The molecule has 1 heterocycles. The van der Waals surface area contributed by atoms with Crippen LogP contribution in [0.3, 0.4) is 0 Å². The minimum atomic E-state index is -0.998. The molecule has 0 bridgehead atoms. The topological polar surface area (TPSA) is 76.0 Å². The van der Waals surface area contributed by atoms with Crippen LogP contribution in [0.1, 0.15) is 93.4 Å². The van der Waals surface area contributed by atoms with E-state index < -0.39 is 17.5 Å². The van der Waals surface area contributed by atoms with E-state index in [2.05, 4.69) is 18.8 Å². The lowest BCUT2D eigenvalue weighted by atomic mass is 9.74. The molecule has 196 valence electrons. The second kappa shape index (κ2) is 18.0. The summed E-state index contributed by atoms with van der Waals surface area (Å²) in [5, 5.41) is 12.4. The zero-order valence-corrected chi connectivity index (χ0v) is 23.6. The molecule has 4 unspecified atom stereocenters. The first-order valence-corrected chi connectivity index (χ1v) is 14.0. The molecule has 4 atom stereocenters. The first kappa shape index (κ1) is 32.6. The summed E-state index contributed by atoms with van der Waals surface area (Å²) < 4.78 is 5.22. The number of Topliss-reactive ketones (excluding diaryl/α,β-unsaturated/α-hetero) is 1. The van der Waals surface area contributed by atoms with E-state index in [4.69, 9.17) is 4.74 Å². The number of carbonyl (C=O) groups excluding carboxylic acids is 2. The summed E-state index contributed by atoms with van der Waals surface area (Å²) in [6.45, 7) is 14.2. The Morgan fingerprint density at radius 3 is 2.29 bits per heavy atom. The number of cyclic esters (lactones) is 1. The molecular weight excluding hydrogens is 446 g/mol. The Morgan fingerprint density at radius 2 is 1.71 bits per heavy atom. The van der Waals surface area contributed by atoms with Crippen molar-refractivity contribution in [3.8, 4) is 0 Å². The van der Waals surface area contributed by atoms with Crippen molar-refractivity contribution in [3.63, 3.8) is 0 Å². The lowest BCUT2D eigenvalue weighted by Crippen LogP contribution is -2.42. The van der Waals surface area contributed by atoms with Crippen LogP contribution in [-0.2, 0) is 14.3 Å². The molecule has 1 N–H and O–H groups in total. The summed E-state index contributed by atoms with van der Waals surface area (Å²) in [5.41, 5.74) is 0.0847. The summed E-state index contributed by atoms with van der Waals surface area (Å²) in [5.74, 6) is 0.652. The third-order valence-corrected chi connectivity index (χ3v) is 6.86. The molecule has 6 heteroatoms. The average molecular weight is 496 g/mol. The normalized spacial score (nSPS) is 28.4. The number of esters is 1. The Kier molecular flexibility index (Phi) is 17.2. The van der Waals surface area contributed by atoms with Gasteiger partial charge in [-0.2, -0.15) is 0 Å². The Morgan fingerprint density at radius 1 is 1.09 bits per heavy atom.